The Bertz CT molecular complexity index is 2070. The molecule has 1 amide bonds. The third kappa shape index (κ3) is 4.68. The Hall–Kier alpha value is -5.75. The van der Waals surface area contributed by atoms with Gasteiger partial charge in [-0.1, -0.05) is 42.2 Å². The lowest BCUT2D eigenvalue weighted by molar-refractivity contribution is 0.0941. The first kappa shape index (κ1) is 25.5. The Morgan fingerprint density at radius 3 is 2.51 bits per heavy atom. The van der Waals surface area contributed by atoms with Crippen LogP contribution in [-0.2, 0) is 0 Å². The van der Waals surface area contributed by atoms with Gasteiger partial charge in [0.1, 0.15) is 5.56 Å². The lowest BCUT2D eigenvalue weighted by Gasteiger charge is -2.21. The molecule has 0 aliphatic carbocycles. The molecule has 6 rings (SSSR count). The molecule has 0 saturated carbocycles. The number of amides is 1. The van der Waals surface area contributed by atoms with Gasteiger partial charge in [0, 0.05) is 41.1 Å². The van der Waals surface area contributed by atoms with Crippen molar-refractivity contribution < 1.29 is 4.79 Å². The quantitative estimate of drug-likeness (QED) is 0.324. The van der Waals surface area contributed by atoms with E-state index in [2.05, 4.69) is 32.2 Å². The number of nitrogens with two attached hydrogens (primary N) is 1. The number of anilines is 1. The summed E-state index contributed by atoms with van der Waals surface area (Å²) >= 11 is 0. The largest absolute Gasteiger partial charge is 0.381 e. The first-order valence-electron chi connectivity index (χ1n) is 13.0. The lowest BCUT2D eigenvalue weighted by Crippen LogP contribution is -2.32. The Kier molecular flexibility index (Phi) is 6.49. The fourth-order valence-corrected chi connectivity index (χ4v) is 4.86. The first-order chi connectivity index (χ1) is 19.9. The van der Waals surface area contributed by atoms with Crippen LogP contribution in [0.2, 0.25) is 0 Å². The van der Waals surface area contributed by atoms with Gasteiger partial charge in [-0.05, 0) is 61.7 Å². The van der Waals surface area contributed by atoms with Crippen LogP contribution in [-0.4, -0.2) is 30.1 Å². The number of carbonyl (C=O) groups excluding carboxylic acids is 1. The van der Waals surface area contributed by atoms with Gasteiger partial charge in [-0.2, -0.15) is 0 Å². The average molecular weight is 540 g/mol. The molecule has 1 atom stereocenters. The maximum Gasteiger partial charge on any atom is 0.264 e. The molecule has 0 bridgehead atoms. The van der Waals surface area contributed by atoms with Crippen molar-refractivity contribution in [2.45, 2.75) is 19.9 Å². The molecule has 0 aliphatic heterocycles. The van der Waals surface area contributed by atoms with Gasteiger partial charge in [-0.3, -0.25) is 19.1 Å². The topological polar surface area (TPSA) is 120 Å². The molecule has 0 unspecified atom stereocenters. The summed E-state index contributed by atoms with van der Waals surface area (Å²) in [4.78, 5) is 36.2. The van der Waals surface area contributed by atoms with Gasteiger partial charge in [0.25, 0.3) is 11.5 Å². The van der Waals surface area contributed by atoms with E-state index in [0.29, 0.717) is 33.4 Å². The van der Waals surface area contributed by atoms with E-state index in [1.54, 1.807) is 29.2 Å². The van der Waals surface area contributed by atoms with E-state index in [9.17, 15) is 9.59 Å². The number of para-hydroxylation sites is 1. The van der Waals surface area contributed by atoms with Crippen molar-refractivity contribution >= 4 is 28.1 Å². The number of pyridine rings is 2. The van der Waals surface area contributed by atoms with Crippen molar-refractivity contribution in [1.29, 1.82) is 0 Å². The summed E-state index contributed by atoms with van der Waals surface area (Å²) in [5.74, 6) is 5.97. The van der Waals surface area contributed by atoms with Crippen LogP contribution in [0.3, 0.4) is 0 Å². The number of fused-ring (bicyclic) bond motifs is 2. The Morgan fingerprint density at radius 2 is 1.71 bits per heavy atom. The van der Waals surface area contributed by atoms with Crippen LogP contribution in [0.15, 0.2) is 96.2 Å². The predicted molar refractivity (Wildman–Crippen MR) is 158 cm³/mol. The van der Waals surface area contributed by atoms with Crippen molar-refractivity contribution in [3.8, 4) is 17.5 Å². The van der Waals surface area contributed by atoms with Crippen LogP contribution in [0.5, 0.6) is 0 Å². The Morgan fingerprint density at radius 1 is 0.951 bits per heavy atom. The van der Waals surface area contributed by atoms with Crippen LogP contribution in [0.4, 0.5) is 5.82 Å². The number of carbonyl (C=O) groups is 1. The van der Waals surface area contributed by atoms with Gasteiger partial charge in [-0.15, -0.1) is 5.10 Å². The maximum atomic E-state index is 14.2. The second-order valence-electron chi connectivity index (χ2n) is 9.54. The van der Waals surface area contributed by atoms with Crippen molar-refractivity contribution in [3.05, 3.63) is 130 Å². The highest BCUT2D eigenvalue weighted by Crippen LogP contribution is 2.24. The molecule has 0 radical (unpaired) electrons. The highest BCUT2D eigenvalue weighted by Gasteiger charge is 2.24. The molecule has 0 fully saturated rings. The number of rotatable bonds is 4. The molecule has 0 saturated heterocycles. The molecule has 9 heteroatoms. The molecule has 6 aromatic rings. The van der Waals surface area contributed by atoms with E-state index in [0.717, 1.165) is 11.3 Å². The number of aromatic nitrogens is 5. The zero-order chi connectivity index (χ0) is 28.5. The highest BCUT2D eigenvalue weighted by atomic mass is 16.2. The van der Waals surface area contributed by atoms with E-state index in [4.69, 9.17) is 5.73 Å². The van der Waals surface area contributed by atoms with E-state index >= 15 is 0 Å². The smallest absolute Gasteiger partial charge is 0.264 e. The lowest BCUT2D eigenvalue weighted by atomic mass is 10.0. The van der Waals surface area contributed by atoms with E-state index < -0.39 is 11.9 Å². The zero-order valence-corrected chi connectivity index (χ0v) is 22.4. The third-order valence-corrected chi connectivity index (χ3v) is 6.87. The molecule has 200 valence electrons. The zero-order valence-electron chi connectivity index (χ0n) is 22.4. The second kappa shape index (κ2) is 10.4. The summed E-state index contributed by atoms with van der Waals surface area (Å²) in [6, 6.07) is 21.7. The third-order valence-electron chi connectivity index (χ3n) is 6.87. The number of nitrogens with one attached hydrogen (secondary N) is 1. The van der Waals surface area contributed by atoms with Gasteiger partial charge in [0.2, 0.25) is 0 Å². The molecule has 9 nitrogen and oxygen atoms in total. The van der Waals surface area contributed by atoms with Crippen LogP contribution >= 0.6 is 0 Å². The molecular weight excluding hydrogens is 514 g/mol. The van der Waals surface area contributed by atoms with Crippen molar-refractivity contribution in [1.82, 2.24) is 29.5 Å². The summed E-state index contributed by atoms with van der Waals surface area (Å²) in [7, 11) is 0. The number of nitrogen functional groups attached to an aromatic ring is 1. The van der Waals surface area contributed by atoms with Crippen LogP contribution in [0.25, 0.3) is 22.1 Å². The molecule has 3 N–H and O–H groups in total. The van der Waals surface area contributed by atoms with Crippen molar-refractivity contribution in [3.63, 3.8) is 0 Å². The molecule has 2 aromatic carbocycles. The fourth-order valence-electron chi connectivity index (χ4n) is 4.86. The van der Waals surface area contributed by atoms with E-state index in [1.165, 1.54) is 4.52 Å². The normalized spacial score (nSPS) is 11.7. The highest BCUT2D eigenvalue weighted by molar-refractivity contribution is 6.04. The molecular formula is C32H25N7O2. The average Bonchev–Trinajstić information content (AvgIpc) is 3.32. The minimum Gasteiger partial charge on any atom is -0.381 e. The summed E-state index contributed by atoms with van der Waals surface area (Å²) < 4.78 is 3.08. The monoisotopic (exact) mass is 539 g/mol. The first-order valence-corrected chi connectivity index (χ1v) is 13.0. The van der Waals surface area contributed by atoms with Crippen molar-refractivity contribution in [2.24, 2.45) is 0 Å². The summed E-state index contributed by atoms with van der Waals surface area (Å²) in [6.07, 6.45) is 4.97. The number of aryl methyl sites for hydroxylation is 1. The molecule has 0 aliphatic rings. The van der Waals surface area contributed by atoms with E-state index in [1.807, 2.05) is 80.6 Å². The molecule has 4 aromatic heterocycles. The van der Waals surface area contributed by atoms with E-state index in [-0.39, 0.29) is 16.9 Å². The van der Waals surface area contributed by atoms with Gasteiger partial charge >= 0.3 is 0 Å². The predicted octanol–water partition coefficient (Wildman–Crippen LogP) is 4.21. The maximum absolute atomic E-state index is 14.2. The number of hydrogen-bond donors (Lipinski definition) is 2. The van der Waals surface area contributed by atoms with Crippen LogP contribution in [0.1, 0.15) is 45.8 Å². The summed E-state index contributed by atoms with van der Waals surface area (Å²) in [5, 5.41) is 8.38. The van der Waals surface area contributed by atoms with Gasteiger partial charge < -0.3 is 11.1 Å². The van der Waals surface area contributed by atoms with Gasteiger partial charge in [0.15, 0.2) is 11.5 Å². The fraction of sp³-hybridized carbons (Fsp3) is 0.0938. The van der Waals surface area contributed by atoms with Crippen molar-refractivity contribution in [2.75, 3.05) is 5.73 Å². The Balaban J connectivity index is 1.48. The Labute approximate surface area is 235 Å². The molecule has 41 heavy (non-hydrogen) atoms. The van der Waals surface area contributed by atoms with Gasteiger partial charge in [-0.25, -0.2) is 9.50 Å². The van der Waals surface area contributed by atoms with Crippen LogP contribution < -0.4 is 16.6 Å². The minimum absolute atomic E-state index is 0.0689. The summed E-state index contributed by atoms with van der Waals surface area (Å²) in [5.41, 5.74) is 9.84. The number of nitrogens with zero attached hydrogens (tertiary/aromatic N) is 5. The molecule has 0 spiro atoms. The minimum atomic E-state index is -0.578. The number of benzene rings is 2. The summed E-state index contributed by atoms with van der Waals surface area (Å²) in [6.45, 7) is 3.72. The van der Waals surface area contributed by atoms with Crippen LogP contribution in [0, 0.1) is 18.8 Å². The SMILES string of the molecule is Cc1ncccc1C#Cc1cccc2cc([C@@H](C)NC(=O)c3c(N)nn4cccnc34)n(-c3ccccc3)c(=O)c12. The standard InChI is InChI=1S/C32H25N7O2/c1-20-22(11-7-16-34-20)14-15-23-9-6-10-24-19-26(39(32(41)27(23)24)25-12-4-3-5-13-25)21(2)36-31(40)28-29(33)37-38-18-8-17-35-30(28)38/h3-13,16-19,21H,1-2H3,(H2,33,37)(H,36,40)/t21-/m1/s1. The van der Waals surface area contributed by atoms with Gasteiger partial charge in [0.05, 0.1) is 17.1 Å². The second-order valence-corrected chi connectivity index (χ2v) is 9.54. The number of hydrogen-bond acceptors (Lipinski definition) is 6. The molecule has 4 heterocycles.